The van der Waals surface area contributed by atoms with Crippen LogP contribution in [-0.4, -0.2) is 17.6 Å². The standard InChI is InChI=1S/C9H9ClF2N2O2/c1-2-16-9(15)6-4(13)3-5(8(11)12)14-7(6)10/h3,8H,2H2,1H3,(H2,13,14). The molecule has 0 unspecified atom stereocenters. The van der Waals surface area contributed by atoms with Crippen molar-refractivity contribution in [1.29, 1.82) is 0 Å². The maximum atomic E-state index is 12.3. The first kappa shape index (κ1) is 12.6. The second-order valence-corrected chi connectivity index (χ2v) is 3.18. The van der Waals surface area contributed by atoms with Crippen LogP contribution in [0.4, 0.5) is 14.5 Å². The lowest BCUT2D eigenvalue weighted by Crippen LogP contribution is -2.11. The molecule has 4 nitrogen and oxygen atoms in total. The highest BCUT2D eigenvalue weighted by Gasteiger charge is 2.20. The molecule has 0 aliphatic carbocycles. The van der Waals surface area contributed by atoms with Crippen LogP contribution < -0.4 is 5.73 Å². The van der Waals surface area contributed by atoms with Crippen molar-refractivity contribution < 1.29 is 18.3 Å². The molecule has 1 aromatic heterocycles. The summed E-state index contributed by atoms with van der Waals surface area (Å²) < 4.78 is 29.3. The third-order valence-corrected chi connectivity index (χ3v) is 2.00. The van der Waals surface area contributed by atoms with Gasteiger partial charge >= 0.3 is 5.97 Å². The number of carbonyl (C=O) groups is 1. The predicted molar refractivity (Wildman–Crippen MR) is 54.6 cm³/mol. The molecule has 0 radical (unpaired) electrons. The molecule has 88 valence electrons. The zero-order valence-corrected chi connectivity index (χ0v) is 9.09. The molecule has 0 aliphatic heterocycles. The lowest BCUT2D eigenvalue weighted by molar-refractivity contribution is 0.0527. The number of hydrogen-bond acceptors (Lipinski definition) is 4. The van der Waals surface area contributed by atoms with E-state index in [4.69, 9.17) is 17.3 Å². The van der Waals surface area contributed by atoms with Gasteiger partial charge in [-0.1, -0.05) is 11.6 Å². The van der Waals surface area contributed by atoms with Gasteiger partial charge in [-0.15, -0.1) is 0 Å². The third kappa shape index (κ3) is 2.57. The Labute approximate surface area is 95.4 Å². The molecule has 1 aromatic rings. The average molecular weight is 251 g/mol. The van der Waals surface area contributed by atoms with E-state index in [1.54, 1.807) is 6.92 Å². The van der Waals surface area contributed by atoms with E-state index in [2.05, 4.69) is 9.72 Å². The minimum Gasteiger partial charge on any atom is -0.462 e. The number of nitrogens with two attached hydrogens (primary N) is 1. The third-order valence-electron chi connectivity index (χ3n) is 1.73. The molecule has 0 saturated carbocycles. The predicted octanol–water partition coefficient (Wildman–Crippen LogP) is 2.43. The van der Waals surface area contributed by atoms with E-state index in [0.717, 1.165) is 6.07 Å². The minimum absolute atomic E-state index is 0.130. The van der Waals surface area contributed by atoms with E-state index < -0.39 is 18.1 Å². The summed E-state index contributed by atoms with van der Waals surface area (Å²) in [5.74, 6) is -0.779. The van der Waals surface area contributed by atoms with Crippen molar-refractivity contribution in [2.45, 2.75) is 13.3 Å². The molecule has 0 amide bonds. The highest BCUT2D eigenvalue weighted by atomic mass is 35.5. The van der Waals surface area contributed by atoms with E-state index in [1.807, 2.05) is 0 Å². The number of rotatable bonds is 3. The van der Waals surface area contributed by atoms with Crippen LogP contribution in [0.1, 0.15) is 29.4 Å². The molecule has 0 aromatic carbocycles. The van der Waals surface area contributed by atoms with Crippen molar-refractivity contribution >= 4 is 23.3 Å². The summed E-state index contributed by atoms with van der Waals surface area (Å²) in [6.45, 7) is 1.73. The van der Waals surface area contributed by atoms with Gasteiger partial charge in [0, 0.05) is 0 Å². The number of nitrogens with zero attached hydrogens (tertiary/aromatic N) is 1. The van der Waals surface area contributed by atoms with Gasteiger partial charge in [-0.05, 0) is 13.0 Å². The fraction of sp³-hybridized carbons (Fsp3) is 0.333. The smallest absolute Gasteiger partial charge is 0.343 e. The van der Waals surface area contributed by atoms with Crippen LogP contribution in [0.5, 0.6) is 0 Å². The molecule has 0 saturated heterocycles. The van der Waals surface area contributed by atoms with Gasteiger partial charge in [-0.3, -0.25) is 0 Å². The van der Waals surface area contributed by atoms with Gasteiger partial charge < -0.3 is 10.5 Å². The first-order valence-electron chi connectivity index (χ1n) is 4.38. The monoisotopic (exact) mass is 250 g/mol. The zero-order chi connectivity index (χ0) is 12.3. The quantitative estimate of drug-likeness (QED) is 0.661. The molecule has 0 spiro atoms. The first-order valence-corrected chi connectivity index (χ1v) is 4.76. The topological polar surface area (TPSA) is 65.2 Å². The number of alkyl halides is 2. The Bertz CT molecular complexity index is 389. The molecule has 0 aliphatic rings. The van der Waals surface area contributed by atoms with E-state index in [1.165, 1.54) is 0 Å². The number of pyridine rings is 1. The number of aromatic nitrogens is 1. The van der Waals surface area contributed by atoms with Crippen LogP contribution in [0.15, 0.2) is 6.07 Å². The van der Waals surface area contributed by atoms with E-state index in [9.17, 15) is 13.6 Å². The fourth-order valence-corrected chi connectivity index (χ4v) is 1.35. The first-order chi connectivity index (χ1) is 7.47. The SMILES string of the molecule is CCOC(=O)c1c(N)cc(C(F)F)nc1Cl. The summed E-state index contributed by atoms with van der Waals surface area (Å²) in [7, 11) is 0. The summed E-state index contributed by atoms with van der Waals surface area (Å²) in [6.07, 6.45) is -2.80. The van der Waals surface area contributed by atoms with Crippen molar-refractivity contribution in [2.24, 2.45) is 0 Å². The Morgan fingerprint density at radius 3 is 2.75 bits per heavy atom. The van der Waals surface area contributed by atoms with Crippen LogP contribution in [0.2, 0.25) is 5.15 Å². The number of hydrogen-bond donors (Lipinski definition) is 1. The molecule has 1 heterocycles. The van der Waals surface area contributed by atoms with Gasteiger partial charge in [0.1, 0.15) is 16.4 Å². The second kappa shape index (κ2) is 5.07. The van der Waals surface area contributed by atoms with Gasteiger partial charge in [0.2, 0.25) is 0 Å². The molecule has 2 N–H and O–H groups in total. The van der Waals surface area contributed by atoms with Crippen molar-refractivity contribution in [2.75, 3.05) is 12.3 Å². The van der Waals surface area contributed by atoms with Gasteiger partial charge in [-0.25, -0.2) is 18.6 Å². The fourth-order valence-electron chi connectivity index (χ4n) is 1.07. The van der Waals surface area contributed by atoms with Crippen molar-refractivity contribution in [1.82, 2.24) is 4.98 Å². The van der Waals surface area contributed by atoms with Gasteiger partial charge in [-0.2, -0.15) is 0 Å². The Morgan fingerprint density at radius 1 is 1.69 bits per heavy atom. The van der Waals surface area contributed by atoms with Crippen LogP contribution in [-0.2, 0) is 4.74 Å². The molecule has 7 heteroatoms. The molecular formula is C9H9ClF2N2O2. The summed E-state index contributed by atoms with van der Waals surface area (Å²) >= 11 is 5.58. The number of nitrogen functional groups attached to an aromatic ring is 1. The molecule has 0 fully saturated rings. The van der Waals surface area contributed by atoms with E-state index in [-0.39, 0.29) is 23.0 Å². The van der Waals surface area contributed by atoms with E-state index >= 15 is 0 Å². The highest BCUT2D eigenvalue weighted by molar-refractivity contribution is 6.33. The van der Waals surface area contributed by atoms with Gasteiger partial charge in [0.15, 0.2) is 0 Å². The number of anilines is 1. The largest absolute Gasteiger partial charge is 0.462 e. The minimum atomic E-state index is -2.80. The maximum Gasteiger partial charge on any atom is 0.343 e. The summed E-state index contributed by atoms with van der Waals surface area (Å²) in [4.78, 5) is 14.7. The number of esters is 1. The van der Waals surface area contributed by atoms with Crippen molar-refractivity contribution in [3.05, 3.63) is 22.5 Å². The highest BCUT2D eigenvalue weighted by Crippen LogP contribution is 2.27. The molecule has 0 atom stereocenters. The lowest BCUT2D eigenvalue weighted by atomic mass is 10.2. The maximum absolute atomic E-state index is 12.3. The van der Waals surface area contributed by atoms with Crippen LogP contribution in [0.3, 0.4) is 0 Å². The Balaban J connectivity index is 3.17. The van der Waals surface area contributed by atoms with E-state index in [0.29, 0.717) is 0 Å². The molecule has 0 bridgehead atoms. The number of halogens is 3. The van der Waals surface area contributed by atoms with Crippen LogP contribution in [0.25, 0.3) is 0 Å². The molecule has 16 heavy (non-hydrogen) atoms. The van der Waals surface area contributed by atoms with Gasteiger partial charge in [0.25, 0.3) is 6.43 Å². The van der Waals surface area contributed by atoms with Crippen LogP contribution >= 0.6 is 11.6 Å². The summed E-state index contributed by atoms with van der Waals surface area (Å²) in [5.41, 5.74) is 4.50. The van der Waals surface area contributed by atoms with Crippen molar-refractivity contribution in [3.63, 3.8) is 0 Å². The van der Waals surface area contributed by atoms with Gasteiger partial charge in [0.05, 0.1) is 12.3 Å². The zero-order valence-electron chi connectivity index (χ0n) is 8.34. The normalized spacial score (nSPS) is 10.6. The summed E-state index contributed by atoms with van der Waals surface area (Å²) in [6, 6.07) is 0.906. The van der Waals surface area contributed by atoms with Crippen LogP contribution in [0, 0.1) is 0 Å². The Hall–Kier alpha value is -1.43. The number of carbonyl (C=O) groups excluding carboxylic acids is 1. The Morgan fingerprint density at radius 2 is 2.31 bits per heavy atom. The summed E-state index contributed by atoms with van der Waals surface area (Å²) in [5, 5.41) is -0.381. The molecular weight excluding hydrogens is 242 g/mol. The molecule has 1 rings (SSSR count). The lowest BCUT2D eigenvalue weighted by Gasteiger charge is -2.08. The Kier molecular flexibility index (Phi) is 4.00. The second-order valence-electron chi connectivity index (χ2n) is 2.82. The average Bonchev–Trinajstić information content (AvgIpc) is 2.16. The van der Waals surface area contributed by atoms with Crippen molar-refractivity contribution in [3.8, 4) is 0 Å². The number of ether oxygens (including phenoxy) is 1.